The zero-order valence-corrected chi connectivity index (χ0v) is 13.3. The van der Waals surface area contributed by atoms with E-state index in [2.05, 4.69) is 56.4 Å². The smallest absolute Gasteiger partial charge is 0.0630 e. The minimum absolute atomic E-state index is 0.470. The number of hydrogen-bond acceptors (Lipinski definition) is 2. The van der Waals surface area contributed by atoms with Gasteiger partial charge >= 0.3 is 0 Å². The molecule has 0 amide bonds. The van der Waals surface area contributed by atoms with Crippen molar-refractivity contribution in [2.75, 3.05) is 5.43 Å². The second-order valence-electron chi connectivity index (χ2n) is 5.90. The summed E-state index contributed by atoms with van der Waals surface area (Å²) in [5.41, 5.74) is 8.13. The van der Waals surface area contributed by atoms with E-state index in [-0.39, 0.29) is 0 Å². The number of hydrogen-bond donors (Lipinski definition) is 1. The van der Waals surface area contributed by atoms with E-state index in [1.165, 1.54) is 11.1 Å². The van der Waals surface area contributed by atoms with Crippen LogP contribution in [0.3, 0.4) is 0 Å². The summed E-state index contributed by atoms with van der Waals surface area (Å²) in [6.45, 7) is 8.86. The lowest BCUT2D eigenvalue weighted by molar-refractivity contribution is 0.835. The Kier molecular flexibility index (Phi) is 5.15. The fourth-order valence-corrected chi connectivity index (χ4v) is 2.39. The molecule has 0 aromatic heterocycles. The molecule has 1 N–H and O–H groups in total. The van der Waals surface area contributed by atoms with Gasteiger partial charge in [0.05, 0.1) is 11.9 Å². The lowest BCUT2D eigenvalue weighted by Crippen LogP contribution is -2.03. The minimum Gasteiger partial charge on any atom is -0.278 e. The van der Waals surface area contributed by atoms with Crippen LogP contribution in [0.15, 0.2) is 53.6 Å². The van der Waals surface area contributed by atoms with Crippen LogP contribution in [0.1, 0.15) is 56.2 Å². The van der Waals surface area contributed by atoms with Gasteiger partial charge in [0.1, 0.15) is 0 Å². The van der Waals surface area contributed by atoms with Gasteiger partial charge in [-0.25, -0.2) is 0 Å². The fourth-order valence-electron chi connectivity index (χ4n) is 2.39. The molecule has 2 aromatic carbocycles. The average molecular weight is 280 g/mol. The van der Waals surface area contributed by atoms with Crippen molar-refractivity contribution < 1.29 is 0 Å². The number of rotatable bonds is 5. The third-order valence-electron chi connectivity index (χ3n) is 3.56. The molecule has 0 fully saturated rings. The minimum atomic E-state index is 0.470. The molecule has 0 aliphatic rings. The second-order valence-corrected chi connectivity index (χ2v) is 5.90. The first-order chi connectivity index (χ1) is 10.1. The monoisotopic (exact) mass is 280 g/mol. The topological polar surface area (TPSA) is 24.4 Å². The Balaban J connectivity index is 2.27. The lowest BCUT2D eigenvalue weighted by Gasteiger charge is -2.18. The molecule has 0 saturated carbocycles. The summed E-state index contributed by atoms with van der Waals surface area (Å²) in [5.74, 6) is 0.941. The first-order valence-electron chi connectivity index (χ1n) is 7.56. The fraction of sp³-hybridized carbons (Fsp3) is 0.316. The van der Waals surface area contributed by atoms with E-state index in [1.807, 2.05) is 36.5 Å². The van der Waals surface area contributed by atoms with Gasteiger partial charge in [-0.2, -0.15) is 5.10 Å². The van der Waals surface area contributed by atoms with Gasteiger partial charge in [-0.3, -0.25) is 5.43 Å². The number of hydrazone groups is 1. The highest BCUT2D eigenvalue weighted by Gasteiger charge is 2.12. The van der Waals surface area contributed by atoms with Gasteiger partial charge in [0.25, 0.3) is 0 Å². The van der Waals surface area contributed by atoms with Crippen LogP contribution in [0.2, 0.25) is 0 Å². The molecular formula is C19H24N2. The van der Waals surface area contributed by atoms with Crippen molar-refractivity contribution in [1.82, 2.24) is 0 Å². The van der Waals surface area contributed by atoms with E-state index < -0.39 is 0 Å². The zero-order valence-electron chi connectivity index (χ0n) is 13.3. The number of nitrogens with zero attached hydrogens (tertiary/aromatic N) is 1. The summed E-state index contributed by atoms with van der Waals surface area (Å²) >= 11 is 0. The molecule has 2 nitrogen and oxygen atoms in total. The molecule has 0 aliphatic carbocycles. The Morgan fingerprint density at radius 2 is 1.38 bits per heavy atom. The molecular weight excluding hydrogens is 256 g/mol. The molecule has 2 rings (SSSR count). The van der Waals surface area contributed by atoms with Crippen LogP contribution in [-0.4, -0.2) is 6.21 Å². The Labute approximate surface area is 127 Å². The summed E-state index contributed by atoms with van der Waals surface area (Å²) < 4.78 is 0. The summed E-state index contributed by atoms with van der Waals surface area (Å²) in [6, 6.07) is 16.6. The Bertz CT molecular complexity index is 572. The van der Waals surface area contributed by atoms with Crippen molar-refractivity contribution in [1.29, 1.82) is 0 Å². The maximum Gasteiger partial charge on any atom is 0.0630 e. The summed E-state index contributed by atoms with van der Waals surface area (Å²) in [6.07, 6.45) is 1.86. The summed E-state index contributed by atoms with van der Waals surface area (Å²) in [5, 5.41) is 4.42. The predicted molar refractivity (Wildman–Crippen MR) is 92.3 cm³/mol. The molecule has 2 heteroatoms. The maximum absolute atomic E-state index is 4.42. The molecule has 0 spiro atoms. The quantitative estimate of drug-likeness (QED) is 0.577. The summed E-state index contributed by atoms with van der Waals surface area (Å²) in [7, 11) is 0. The highest BCUT2D eigenvalue weighted by atomic mass is 15.3. The van der Waals surface area contributed by atoms with Crippen molar-refractivity contribution in [2.24, 2.45) is 5.10 Å². The summed E-state index contributed by atoms with van der Waals surface area (Å²) in [4.78, 5) is 0. The van der Waals surface area contributed by atoms with E-state index in [0.29, 0.717) is 11.8 Å². The lowest BCUT2D eigenvalue weighted by atomic mass is 9.93. The van der Waals surface area contributed by atoms with Crippen LogP contribution in [0, 0.1) is 0 Å². The van der Waals surface area contributed by atoms with Crippen molar-refractivity contribution in [3.8, 4) is 0 Å². The first-order valence-corrected chi connectivity index (χ1v) is 7.56. The Morgan fingerprint density at radius 1 is 0.810 bits per heavy atom. The molecule has 21 heavy (non-hydrogen) atoms. The van der Waals surface area contributed by atoms with Crippen molar-refractivity contribution in [2.45, 2.75) is 39.5 Å². The van der Waals surface area contributed by atoms with Crippen LogP contribution in [0.5, 0.6) is 0 Å². The normalized spacial score (nSPS) is 11.5. The molecule has 2 aromatic rings. The van der Waals surface area contributed by atoms with E-state index in [1.54, 1.807) is 0 Å². The van der Waals surface area contributed by atoms with Crippen LogP contribution < -0.4 is 5.43 Å². The van der Waals surface area contributed by atoms with Crippen LogP contribution in [-0.2, 0) is 0 Å². The van der Waals surface area contributed by atoms with Gasteiger partial charge in [-0.1, -0.05) is 76.2 Å². The SMILES string of the molecule is CC(C)c1cccc(C(C)C)c1NN=Cc1ccccc1. The number of benzene rings is 2. The first kappa shape index (κ1) is 15.3. The zero-order chi connectivity index (χ0) is 15.2. The molecule has 0 bridgehead atoms. The maximum atomic E-state index is 4.42. The van der Waals surface area contributed by atoms with E-state index in [9.17, 15) is 0 Å². The second kappa shape index (κ2) is 7.07. The molecule has 0 aliphatic heterocycles. The highest BCUT2D eigenvalue weighted by Crippen LogP contribution is 2.32. The van der Waals surface area contributed by atoms with Crippen LogP contribution in [0.4, 0.5) is 5.69 Å². The van der Waals surface area contributed by atoms with Crippen LogP contribution >= 0.6 is 0 Å². The third kappa shape index (κ3) is 3.94. The molecule has 0 atom stereocenters. The molecule has 0 heterocycles. The van der Waals surface area contributed by atoms with Gasteiger partial charge in [0.15, 0.2) is 0 Å². The van der Waals surface area contributed by atoms with Gasteiger partial charge < -0.3 is 0 Å². The van der Waals surface area contributed by atoms with Gasteiger partial charge in [-0.15, -0.1) is 0 Å². The predicted octanol–water partition coefficient (Wildman–Crippen LogP) is 5.38. The highest BCUT2D eigenvalue weighted by molar-refractivity contribution is 5.80. The largest absolute Gasteiger partial charge is 0.278 e. The third-order valence-corrected chi connectivity index (χ3v) is 3.56. The molecule has 0 unspecified atom stereocenters. The Hall–Kier alpha value is -2.09. The van der Waals surface area contributed by atoms with Gasteiger partial charge in [0, 0.05) is 0 Å². The van der Waals surface area contributed by atoms with Crippen LogP contribution in [0.25, 0.3) is 0 Å². The molecule has 110 valence electrons. The number of nitrogens with one attached hydrogen (secondary N) is 1. The Morgan fingerprint density at radius 3 is 1.90 bits per heavy atom. The van der Waals surface area contributed by atoms with Crippen molar-refractivity contribution in [3.05, 3.63) is 65.2 Å². The standard InChI is InChI=1S/C19H24N2/c1-14(2)17-11-8-12-18(15(3)4)19(17)21-20-13-16-9-6-5-7-10-16/h5-15,21H,1-4H3. The molecule has 0 radical (unpaired) electrons. The van der Waals surface area contributed by atoms with Gasteiger partial charge in [-0.05, 0) is 28.5 Å². The molecule has 0 saturated heterocycles. The van der Waals surface area contributed by atoms with E-state index in [0.717, 1.165) is 11.3 Å². The number of anilines is 1. The van der Waals surface area contributed by atoms with Crippen molar-refractivity contribution in [3.63, 3.8) is 0 Å². The van der Waals surface area contributed by atoms with Crippen molar-refractivity contribution >= 4 is 11.9 Å². The average Bonchev–Trinajstić information content (AvgIpc) is 2.48. The van der Waals surface area contributed by atoms with E-state index in [4.69, 9.17) is 0 Å². The number of para-hydroxylation sites is 1. The van der Waals surface area contributed by atoms with Gasteiger partial charge in [0.2, 0.25) is 0 Å². The van der Waals surface area contributed by atoms with E-state index >= 15 is 0 Å².